The molecule has 20 heavy (non-hydrogen) atoms. The first-order valence-corrected chi connectivity index (χ1v) is 7.40. The van der Waals surface area contributed by atoms with Crippen LogP contribution in [0.3, 0.4) is 0 Å². The lowest BCUT2D eigenvalue weighted by molar-refractivity contribution is -0.171. The first-order chi connectivity index (χ1) is 9.48. The van der Waals surface area contributed by atoms with Crippen molar-refractivity contribution in [2.24, 2.45) is 0 Å². The van der Waals surface area contributed by atoms with Crippen molar-refractivity contribution in [2.75, 3.05) is 0 Å². The van der Waals surface area contributed by atoms with Crippen molar-refractivity contribution in [2.45, 2.75) is 70.9 Å². The van der Waals surface area contributed by atoms with Gasteiger partial charge in [0.05, 0.1) is 0 Å². The van der Waals surface area contributed by atoms with Gasteiger partial charge in [-0.2, -0.15) is 13.2 Å². The fourth-order valence-electron chi connectivity index (χ4n) is 1.79. The number of halogens is 3. The average molecular weight is 290 g/mol. The minimum absolute atomic E-state index is 0.347. The summed E-state index contributed by atoms with van der Waals surface area (Å²) in [7, 11) is 0. The first kappa shape index (κ1) is 18.9. The molecule has 0 aliphatic rings. The Morgan fingerprint density at radius 3 is 2.05 bits per heavy atom. The predicted octanol–water partition coefficient (Wildman–Crippen LogP) is 5.76. The molecule has 0 unspecified atom stereocenters. The Morgan fingerprint density at radius 2 is 1.45 bits per heavy atom. The van der Waals surface area contributed by atoms with Crippen molar-refractivity contribution in [3.05, 3.63) is 24.3 Å². The van der Waals surface area contributed by atoms with Crippen LogP contribution in [-0.4, -0.2) is 12.0 Å². The van der Waals surface area contributed by atoms with Crippen LogP contribution in [0.5, 0.6) is 0 Å². The summed E-state index contributed by atoms with van der Waals surface area (Å²) < 4.78 is 35.7. The maximum absolute atomic E-state index is 11.9. The minimum Gasteiger partial charge on any atom is -0.290 e. The van der Waals surface area contributed by atoms with Crippen molar-refractivity contribution in [3.8, 4) is 0 Å². The van der Waals surface area contributed by atoms with Crippen LogP contribution in [0.15, 0.2) is 24.3 Å². The zero-order valence-corrected chi connectivity index (χ0v) is 12.2. The van der Waals surface area contributed by atoms with Crippen LogP contribution in [0.4, 0.5) is 13.2 Å². The molecule has 0 N–H and O–H groups in total. The number of Topliss-reactive ketones (excluding diaryl/α,β-unsaturated/α-hetero) is 1. The van der Waals surface area contributed by atoms with Crippen LogP contribution < -0.4 is 0 Å². The molecule has 0 saturated carbocycles. The average Bonchev–Trinajstić information content (AvgIpc) is 2.38. The Balaban J connectivity index is 3.31. The van der Waals surface area contributed by atoms with Gasteiger partial charge in [-0.1, -0.05) is 56.9 Å². The van der Waals surface area contributed by atoms with Gasteiger partial charge in [0.25, 0.3) is 0 Å². The molecule has 0 amide bonds. The van der Waals surface area contributed by atoms with E-state index in [2.05, 4.69) is 19.1 Å². The smallest absolute Gasteiger partial charge is 0.290 e. The molecular formula is C16H25F3O. The Morgan fingerprint density at radius 1 is 0.900 bits per heavy atom. The van der Waals surface area contributed by atoms with Crippen LogP contribution in [0.1, 0.15) is 64.7 Å². The van der Waals surface area contributed by atoms with E-state index in [0.29, 0.717) is 12.8 Å². The van der Waals surface area contributed by atoms with E-state index in [-0.39, 0.29) is 6.42 Å². The Hall–Kier alpha value is -1.06. The van der Waals surface area contributed by atoms with Gasteiger partial charge in [-0.05, 0) is 25.7 Å². The summed E-state index contributed by atoms with van der Waals surface area (Å²) in [5.74, 6) is -1.59. The van der Waals surface area contributed by atoms with Crippen molar-refractivity contribution in [1.29, 1.82) is 0 Å². The molecule has 0 aliphatic heterocycles. The molecule has 0 rings (SSSR count). The summed E-state index contributed by atoms with van der Waals surface area (Å²) in [6.45, 7) is 2.09. The molecule has 4 heteroatoms. The van der Waals surface area contributed by atoms with Gasteiger partial charge in [-0.3, -0.25) is 4.79 Å². The lowest BCUT2D eigenvalue weighted by Gasteiger charge is -2.04. The van der Waals surface area contributed by atoms with E-state index >= 15 is 0 Å². The van der Waals surface area contributed by atoms with Crippen molar-refractivity contribution in [3.63, 3.8) is 0 Å². The zero-order valence-electron chi connectivity index (χ0n) is 12.2. The van der Waals surface area contributed by atoms with Crippen LogP contribution in [0.25, 0.3) is 0 Å². The molecule has 0 aromatic heterocycles. The molecule has 0 bridgehead atoms. The largest absolute Gasteiger partial charge is 0.449 e. The van der Waals surface area contributed by atoms with E-state index in [1.54, 1.807) is 0 Å². The summed E-state index contributed by atoms with van der Waals surface area (Å²) >= 11 is 0. The molecule has 1 nitrogen and oxygen atoms in total. The molecule has 0 aliphatic carbocycles. The van der Waals surface area contributed by atoms with E-state index < -0.39 is 12.0 Å². The Labute approximate surface area is 119 Å². The lowest BCUT2D eigenvalue weighted by Crippen LogP contribution is -2.22. The minimum atomic E-state index is -4.65. The summed E-state index contributed by atoms with van der Waals surface area (Å²) in [6.07, 6.45) is 10.6. The van der Waals surface area contributed by atoms with E-state index in [1.807, 2.05) is 12.2 Å². The highest BCUT2D eigenvalue weighted by molar-refractivity contribution is 5.83. The Bertz CT molecular complexity index is 303. The molecule has 0 atom stereocenters. The second-order valence-electron chi connectivity index (χ2n) is 4.85. The molecular weight excluding hydrogens is 265 g/mol. The number of allylic oxidation sites excluding steroid dienone is 4. The lowest BCUT2D eigenvalue weighted by atomic mass is 10.1. The van der Waals surface area contributed by atoms with Crippen LogP contribution in [0, 0.1) is 0 Å². The monoisotopic (exact) mass is 290 g/mol. The van der Waals surface area contributed by atoms with Gasteiger partial charge in [-0.15, -0.1) is 0 Å². The third-order valence-corrected chi connectivity index (χ3v) is 2.96. The maximum atomic E-state index is 11.9. The van der Waals surface area contributed by atoms with Crippen LogP contribution in [0.2, 0.25) is 0 Å². The van der Waals surface area contributed by atoms with E-state index in [1.165, 1.54) is 0 Å². The number of carbonyl (C=O) groups excluding carboxylic acids is 1. The third kappa shape index (κ3) is 12.0. The number of hydrogen-bond donors (Lipinski definition) is 0. The van der Waals surface area contributed by atoms with Gasteiger partial charge in [-0.25, -0.2) is 0 Å². The quantitative estimate of drug-likeness (QED) is 0.349. The summed E-state index contributed by atoms with van der Waals surface area (Å²) in [5, 5.41) is 0. The fourth-order valence-corrected chi connectivity index (χ4v) is 1.79. The number of carbonyl (C=O) groups is 1. The van der Waals surface area contributed by atoms with Crippen molar-refractivity contribution < 1.29 is 18.0 Å². The van der Waals surface area contributed by atoms with Crippen LogP contribution >= 0.6 is 0 Å². The topological polar surface area (TPSA) is 17.1 Å². The van der Waals surface area contributed by atoms with Gasteiger partial charge in [0, 0.05) is 6.42 Å². The number of ketones is 1. The number of unbranched alkanes of at least 4 members (excludes halogenated alkanes) is 6. The fraction of sp³-hybridized carbons (Fsp3) is 0.688. The summed E-state index contributed by atoms with van der Waals surface area (Å²) in [6, 6.07) is 0. The second kappa shape index (κ2) is 11.7. The SMILES string of the molecule is CC/C=C/C=C\CCCCCCCCC(=O)C(F)(F)F. The molecule has 0 aromatic carbocycles. The molecule has 0 heterocycles. The van der Waals surface area contributed by atoms with Gasteiger partial charge in [0.1, 0.15) is 0 Å². The molecule has 0 radical (unpaired) electrons. The van der Waals surface area contributed by atoms with E-state index in [9.17, 15) is 18.0 Å². The first-order valence-electron chi connectivity index (χ1n) is 7.40. The highest BCUT2D eigenvalue weighted by Gasteiger charge is 2.36. The molecule has 0 aromatic rings. The van der Waals surface area contributed by atoms with Crippen molar-refractivity contribution in [1.82, 2.24) is 0 Å². The number of rotatable bonds is 11. The maximum Gasteiger partial charge on any atom is 0.449 e. The molecule has 0 spiro atoms. The molecule has 116 valence electrons. The summed E-state index contributed by atoms with van der Waals surface area (Å²) in [4.78, 5) is 10.6. The van der Waals surface area contributed by atoms with Crippen LogP contribution in [-0.2, 0) is 4.79 Å². The standard InChI is InChI=1S/C16H25F3O/c1-2-3-4-5-6-7-8-9-10-11-12-13-14-15(20)16(17,18)19/h3-6H,2,7-14H2,1H3/b4-3+,6-5-. The van der Waals surface area contributed by atoms with Gasteiger partial charge < -0.3 is 0 Å². The molecule has 0 fully saturated rings. The second-order valence-corrected chi connectivity index (χ2v) is 4.85. The summed E-state index contributed by atoms with van der Waals surface area (Å²) in [5.41, 5.74) is 0. The number of alkyl halides is 3. The van der Waals surface area contributed by atoms with E-state index in [4.69, 9.17) is 0 Å². The zero-order chi connectivity index (χ0) is 15.3. The molecule has 0 saturated heterocycles. The number of hydrogen-bond acceptors (Lipinski definition) is 1. The van der Waals surface area contributed by atoms with Gasteiger partial charge in [0.15, 0.2) is 0 Å². The van der Waals surface area contributed by atoms with E-state index in [0.717, 1.165) is 38.5 Å². The van der Waals surface area contributed by atoms with Gasteiger partial charge >= 0.3 is 6.18 Å². The van der Waals surface area contributed by atoms with Crippen molar-refractivity contribution >= 4 is 5.78 Å². The third-order valence-electron chi connectivity index (χ3n) is 2.96. The normalized spacial score (nSPS) is 12.6. The highest BCUT2D eigenvalue weighted by Crippen LogP contribution is 2.19. The predicted molar refractivity (Wildman–Crippen MR) is 76.6 cm³/mol. The highest BCUT2D eigenvalue weighted by atomic mass is 19.4. The Kier molecular flexibility index (Phi) is 11.1. The van der Waals surface area contributed by atoms with Gasteiger partial charge in [0.2, 0.25) is 5.78 Å².